The molecule has 0 saturated carbocycles. The Morgan fingerprint density at radius 3 is 2.38 bits per heavy atom. The lowest BCUT2D eigenvalue weighted by Crippen LogP contribution is -2.44. The third kappa shape index (κ3) is 4.83. The van der Waals surface area contributed by atoms with Crippen LogP contribution in [0.25, 0.3) is 0 Å². The predicted molar refractivity (Wildman–Crippen MR) is 123 cm³/mol. The fourth-order valence-corrected chi connectivity index (χ4v) is 3.66. The number of rotatable bonds is 7. The number of carboxylic acids is 1. The number of esters is 1. The van der Waals surface area contributed by atoms with Gasteiger partial charge in [-0.2, -0.15) is 0 Å². The lowest BCUT2D eigenvalue weighted by Gasteiger charge is -2.35. The van der Waals surface area contributed by atoms with Gasteiger partial charge in [0.2, 0.25) is 0 Å². The van der Waals surface area contributed by atoms with Crippen LogP contribution in [0, 0.1) is 0 Å². The first-order chi connectivity index (χ1) is 16.4. The number of carbonyl (C=O) groups is 3. The van der Waals surface area contributed by atoms with E-state index in [0.29, 0.717) is 18.0 Å². The second-order valence-corrected chi connectivity index (χ2v) is 7.82. The Morgan fingerprint density at radius 1 is 1.06 bits per heavy atom. The number of anilines is 1. The highest BCUT2D eigenvalue weighted by Gasteiger charge is 2.29. The van der Waals surface area contributed by atoms with Crippen molar-refractivity contribution in [2.75, 3.05) is 19.1 Å². The number of amides is 2. The van der Waals surface area contributed by atoms with E-state index in [-0.39, 0.29) is 30.4 Å². The van der Waals surface area contributed by atoms with Crippen molar-refractivity contribution >= 4 is 23.7 Å². The molecule has 3 aromatic rings. The second kappa shape index (κ2) is 9.62. The number of methoxy groups -OCH3 is 1. The molecule has 1 aliphatic rings. The van der Waals surface area contributed by atoms with Gasteiger partial charge in [-0.3, -0.25) is 4.90 Å². The average Bonchev–Trinajstić information content (AvgIpc) is 2.86. The molecule has 9 heteroatoms. The number of carbonyl (C=O) groups excluding carboxylic acids is 2. The number of aromatic nitrogens is 1. The molecule has 0 saturated heterocycles. The minimum absolute atomic E-state index is 0.0957. The van der Waals surface area contributed by atoms with Gasteiger partial charge in [0.05, 0.1) is 24.6 Å². The van der Waals surface area contributed by atoms with Gasteiger partial charge < -0.3 is 19.5 Å². The molecule has 1 aromatic heterocycles. The summed E-state index contributed by atoms with van der Waals surface area (Å²) in [6.07, 6.45) is 1.50. The number of urea groups is 1. The average molecular weight is 461 g/mol. The van der Waals surface area contributed by atoms with Gasteiger partial charge >= 0.3 is 18.0 Å². The number of ether oxygens (including phenoxy) is 2. The molecule has 1 N–H and O–H groups in total. The van der Waals surface area contributed by atoms with E-state index in [2.05, 4.69) is 4.98 Å². The molecule has 1 aliphatic heterocycles. The topological polar surface area (TPSA) is 109 Å². The zero-order valence-electron chi connectivity index (χ0n) is 18.7. The molecule has 34 heavy (non-hydrogen) atoms. The van der Waals surface area contributed by atoms with E-state index in [4.69, 9.17) is 14.6 Å². The van der Waals surface area contributed by atoms with Crippen LogP contribution >= 0.6 is 0 Å². The van der Waals surface area contributed by atoms with Crippen LogP contribution in [0.3, 0.4) is 0 Å². The molecule has 0 unspecified atom stereocenters. The van der Waals surface area contributed by atoms with Crippen molar-refractivity contribution in [3.05, 3.63) is 88.7 Å². The summed E-state index contributed by atoms with van der Waals surface area (Å²) in [5.74, 6) is -0.852. The molecule has 0 bridgehead atoms. The summed E-state index contributed by atoms with van der Waals surface area (Å²) in [6, 6.07) is 15.0. The lowest BCUT2D eigenvalue weighted by molar-refractivity contribution is 0.0465. The Bertz CT molecular complexity index is 1220. The van der Waals surface area contributed by atoms with Crippen LogP contribution in [0.15, 0.2) is 60.8 Å². The van der Waals surface area contributed by atoms with E-state index in [0.717, 1.165) is 16.7 Å². The molecule has 0 atom stereocenters. The molecule has 0 radical (unpaired) electrons. The number of pyridine rings is 1. The molecule has 0 aliphatic carbocycles. The first-order valence-corrected chi connectivity index (χ1v) is 10.5. The SMILES string of the molecule is COc1ccc(COC(=O)c2cc3c(cn2)N(C)C(=O)N(Cc2ccc(C(=O)O)cc2)C3)cc1. The Labute approximate surface area is 196 Å². The fraction of sp³-hybridized carbons (Fsp3) is 0.200. The molecule has 174 valence electrons. The van der Waals surface area contributed by atoms with Crippen LogP contribution in [0.1, 0.15) is 37.5 Å². The molecular weight excluding hydrogens is 438 g/mol. The summed E-state index contributed by atoms with van der Waals surface area (Å²) in [5, 5.41) is 9.06. The van der Waals surface area contributed by atoms with Crippen LogP contribution in [-0.4, -0.2) is 47.1 Å². The molecule has 2 amide bonds. The number of hydrogen-bond donors (Lipinski definition) is 1. The summed E-state index contributed by atoms with van der Waals surface area (Å²) < 4.78 is 10.5. The smallest absolute Gasteiger partial charge is 0.357 e. The molecule has 0 spiro atoms. The van der Waals surface area contributed by atoms with Gasteiger partial charge in [0.25, 0.3) is 0 Å². The summed E-state index contributed by atoms with van der Waals surface area (Å²) >= 11 is 0. The van der Waals surface area contributed by atoms with Crippen molar-refractivity contribution in [3.63, 3.8) is 0 Å². The zero-order valence-corrected chi connectivity index (χ0v) is 18.7. The number of aromatic carboxylic acids is 1. The van der Waals surface area contributed by atoms with E-state index >= 15 is 0 Å². The summed E-state index contributed by atoms with van der Waals surface area (Å²) in [4.78, 5) is 43.7. The predicted octanol–water partition coefficient (Wildman–Crippen LogP) is 3.72. The second-order valence-electron chi connectivity index (χ2n) is 7.82. The third-order valence-electron chi connectivity index (χ3n) is 5.56. The van der Waals surface area contributed by atoms with E-state index in [1.165, 1.54) is 23.2 Å². The van der Waals surface area contributed by atoms with E-state index in [1.54, 1.807) is 49.4 Å². The Kier molecular flexibility index (Phi) is 6.44. The van der Waals surface area contributed by atoms with Crippen LogP contribution in [0.4, 0.5) is 10.5 Å². The van der Waals surface area contributed by atoms with Crippen LogP contribution in [0.2, 0.25) is 0 Å². The number of fused-ring (bicyclic) bond motifs is 1. The van der Waals surface area contributed by atoms with Crippen LogP contribution in [-0.2, 0) is 24.4 Å². The standard InChI is InChI=1S/C25H23N3O6/c1-27-22-12-26-21(24(31)34-15-17-5-9-20(33-2)10-6-17)11-19(22)14-28(25(27)32)13-16-3-7-18(8-4-16)23(29)30/h3-12H,13-15H2,1-2H3,(H,29,30). The van der Waals surface area contributed by atoms with Gasteiger partial charge in [-0.1, -0.05) is 24.3 Å². The van der Waals surface area contributed by atoms with Gasteiger partial charge in [0, 0.05) is 20.1 Å². The monoisotopic (exact) mass is 461 g/mol. The quantitative estimate of drug-likeness (QED) is 0.534. The molecule has 2 aromatic carbocycles. The van der Waals surface area contributed by atoms with E-state index in [9.17, 15) is 14.4 Å². The lowest BCUT2D eigenvalue weighted by atomic mass is 10.1. The fourth-order valence-electron chi connectivity index (χ4n) is 3.66. The molecule has 4 rings (SSSR count). The molecule has 2 heterocycles. The van der Waals surface area contributed by atoms with Gasteiger partial charge in [-0.15, -0.1) is 0 Å². The number of carboxylic acid groups (broad SMARTS) is 1. The minimum Gasteiger partial charge on any atom is -0.497 e. The largest absolute Gasteiger partial charge is 0.497 e. The highest BCUT2D eigenvalue weighted by molar-refractivity contribution is 5.95. The zero-order chi connectivity index (χ0) is 24.2. The Morgan fingerprint density at radius 2 is 1.74 bits per heavy atom. The Balaban J connectivity index is 1.46. The van der Waals surface area contributed by atoms with Crippen molar-refractivity contribution in [3.8, 4) is 5.75 Å². The molecule has 0 fully saturated rings. The van der Waals surface area contributed by atoms with Crippen LogP contribution in [0.5, 0.6) is 5.75 Å². The first-order valence-electron chi connectivity index (χ1n) is 10.5. The van der Waals surface area contributed by atoms with Gasteiger partial charge in [0.1, 0.15) is 18.1 Å². The van der Waals surface area contributed by atoms with Gasteiger partial charge in [-0.05, 0) is 47.0 Å². The van der Waals surface area contributed by atoms with Gasteiger partial charge in [0.15, 0.2) is 0 Å². The van der Waals surface area contributed by atoms with Crippen molar-refractivity contribution in [1.82, 2.24) is 9.88 Å². The highest BCUT2D eigenvalue weighted by Crippen LogP contribution is 2.28. The normalized spacial score (nSPS) is 12.8. The minimum atomic E-state index is -1.01. The number of benzene rings is 2. The maximum absolute atomic E-state index is 12.8. The molecule has 9 nitrogen and oxygen atoms in total. The Hall–Kier alpha value is -4.40. The van der Waals surface area contributed by atoms with Crippen molar-refractivity contribution in [2.45, 2.75) is 19.7 Å². The van der Waals surface area contributed by atoms with E-state index in [1.807, 2.05) is 12.1 Å². The number of hydrogen-bond acceptors (Lipinski definition) is 6. The van der Waals surface area contributed by atoms with Crippen molar-refractivity contribution in [1.29, 1.82) is 0 Å². The summed E-state index contributed by atoms with van der Waals surface area (Å²) in [6.45, 7) is 0.668. The van der Waals surface area contributed by atoms with Crippen molar-refractivity contribution < 1.29 is 29.0 Å². The maximum atomic E-state index is 12.8. The van der Waals surface area contributed by atoms with Gasteiger partial charge in [-0.25, -0.2) is 19.4 Å². The third-order valence-corrected chi connectivity index (χ3v) is 5.56. The van der Waals surface area contributed by atoms with Crippen molar-refractivity contribution in [2.24, 2.45) is 0 Å². The van der Waals surface area contributed by atoms with E-state index < -0.39 is 11.9 Å². The summed E-state index contributed by atoms with van der Waals surface area (Å²) in [5.41, 5.74) is 3.33. The first kappa shape index (κ1) is 22.8. The summed E-state index contributed by atoms with van der Waals surface area (Å²) in [7, 11) is 3.22. The van der Waals surface area contributed by atoms with Crippen LogP contribution < -0.4 is 9.64 Å². The number of nitrogens with zero attached hydrogens (tertiary/aromatic N) is 3. The maximum Gasteiger partial charge on any atom is 0.357 e. The molecular formula is C25H23N3O6. The highest BCUT2D eigenvalue weighted by atomic mass is 16.5.